The lowest BCUT2D eigenvalue weighted by Crippen LogP contribution is -2.54. The van der Waals surface area contributed by atoms with Crippen molar-refractivity contribution in [1.29, 1.82) is 0 Å². The number of nitrogens with zero attached hydrogens (tertiary/aromatic N) is 2. The van der Waals surface area contributed by atoms with E-state index in [1.807, 2.05) is 42.2 Å². The molecule has 34 heavy (non-hydrogen) atoms. The number of nitrogens with one attached hydrogen (secondary N) is 1. The third-order valence-corrected chi connectivity index (χ3v) is 6.88. The van der Waals surface area contributed by atoms with Crippen LogP contribution in [0.1, 0.15) is 34.8 Å². The lowest BCUT2D eigenvalue weighted by atomic mass is 10.1. The molecule has 4 rings (SSSR count). The molecule has 1 saturated heterocycles. The summed E-state index contributed by atoms with van der Waals surface area (Å²) >= 11 is 1.35. The van der Waals surface area contributed by atoms with Gasteiger partial charge in [0, 0.05) is 31.1 Å². The molecule has 1 aliphatic rings. The summed E-state index contributed by atoms with van der Waals surface area (Å²) in [5, 5.41) is 3.41. The highest BCUT2D eigenvalue weighted by Crippen LogP contribution is 2.36. The van der Waals surface area contributed by atoms with Crippen molar-refractivity contribution < 1.29 is 23.5 Å². The minimum atomic E-state index is -0.464. The molecule has 0 radical (unpaired) electrons. The van der Waals surface area contributed by atoms with Gasteiger partial charge in [-0.3, -0.25) is 14.5 Å². The van der Waals surface area contributed by atoms with Crippen LogP contribution in [-0.4, -0.2) is 66.4 Å². The first-order chi connectivity index (χ1) is 16.5. The van der Waals surface area contributed by atoms with E-state index in [0.717, 1.165) is 10.4 Å². The largest absolute Gasteiger partial charge is 0.462 e. The van der Waals surface area contributed by atoms with E-state index in [-0.39, 0.29) is 18.4 Å². The molecule has 0 bridgehead atoms. The smallest absolute Gasteiger partial charge is 0.341 e. The number of carbonyl (C=O) groups excluding carboxylic acids is 3. The van der Waals surface area contributed by atoms with Crippen molar-refractivity contribution in [2.75, 3.05) is 38.1 Å². The Kier molecular flexibility index (Phi) is 7.44. The summed E-state index contributed by atoms with van der Waals surface area (Å²) in [6.45, 7) is 5.95. The molecule has 3 heterocycles. The number of furan rings is 1. The van der Waals surface area contributed by atoms with Crippen LogP contribution in [0.4, 0.5) is 5.00 Å². The quantitative estimate of drug-likeness (QED) is 0.514. The summed E-state index contributed by atoms with van der Waals surface area (Å²) < 4.78 is 10.4. The Labute approximate surface area is 202 Å². The molecule has 1 atom stereocenters. The average molecular weight is 482 g/mol. The summed E-state index contributed by atoms with van der Waals surface area (Å²) in [6.07, 6.45) is 1.48. The Bertz CT molecular complexity index is 1130. The molecule has 1 fully saturated rings. The third-order valence-electron chi connectivity index (χ3n) is 5.78. The van der Waals surface area contributed by atoms with Gasteiger partial charge in [0.2, 0.25) is 5.91 Å². The number of anilines is 1. The van der Waals surface area contributed by atoms with E-state index in [1.165, 1.54) is 17.6 Å². The van der Waals surface area contributed by atoms with Gasteiger partial charge in [-0.2, -0.15) is 0 Å². The van der Waals surface area contributed by atoms with Crippen molar-refractivity contribution in [3.63, 3.8) is 0 Å². The van der Waals surface area contributed by atoms with E-state index in [1.54, 1.807) is 30.0 Å². The van der Waals surface area contributed by atoms with E-state index in [2.05, 4.69) is 5.32 Å². The summed E-state index contributed by atoms with van der Waals surface area (Å²) in [7, 11) is 0. The van der Waals surface area contributed by atoms with Gasteiger partial charge in [-0.05, 0) is 37.6 Å². The van der Waals surface area contributed by atoms with Crippen LogP contribution in [0.25, 0.3) is 10.4 Å². The van der Waals surface area contributed by atoms with Crippen molar-refractivity contribution in [3.05, 3.63) is 66.1 Å². The van der Waals surface area contributed by atoms with Gasteiger partial charge in [-0.15, -0.1) is 11.3 Å². The number of piperazine rings is 1. The molecule has 2 amide bonds. The normalized spacial score (nSPS) is 15.1. The van der Waals surface area contributed by atoms with Crippen molar-refractivity contribution in [1.82, 2.24) is 9.80 Å². The van der Waals surface area contributed by atoms with E-state index < -0.39 is 12.0 Å². The minimum absolute atomic E-state index is 0.146. The SMILES string of the molecule is CCOC(=O)c1cc(-c2ccccc2)sc1NC(=O)C(C)N1CCN(C(=O)c2ccco2)CC1. The summed E-state index contributed by atoms with van der Waals surface area (Å²) in [6, 6.07) is 14.4. The number of thiophene rings is 1. The lowest BCUT2D eigenvalue weighted by Gasteiger charge is -2.37. The van der Waals surface area contributed by atoms with Gasteiger partial charge in [0.05, 0.1) is 24.5 Å². The maximum Gasteiger partial charge on any atom is 0.341 e. The lowest BCUT2D eigenvalue weighted by molar-refractivity contribution is -0.121. The topological polar surface area (TPSA) is 92.1 Å². The number of amides is 2. The standard InChI is InChI=1S/C25H27N3O5S/c1-3-32-25(31)19-16-21(18-8-5-4-6-9-18)34-23(19)26-22(29)17(2)27-11-13-28(14-12-27)24(30)20-10-7-15-33-20/h4-10,15-17H,3,11-14H2,1-2H3,(H,26,29). The first-order valence-electron chi connectivity index (χ1n) is 11.2. The van der Waals surface area contributed by atoms with Crippen LogP contribution in [0.3, 0.4) is 0 Å². The molecule has 0 aliphatic carbocycles. The van der Waals surface area contributed by atoms with Crippen molar-refractivity contribution in [3.8, 4) is 10.4 Å². The molecule has 3 aromatic rings. The number of benzene rings is 1. The molecule has 0 spiro atoms. The molecular weight excluding hydrogens is 454 g/mol. The molecule has 1 unspecified atom stereocenters. The van der Waals surface area contributed by atoms with Gasteiger partial charge >= 0.3 is 5.97 Å². The van der Waals surface area contributed by atoms with Crippen molar-refractivity contribution >= 4 is 34.1 Å². The highest BCUT2D eigenvalue weighted by Gasteiger charge is 2.30. The van der Waals surface area contributed by atoms with Crippen LogP contribution in [0.15, 0.2) is 59.2 Å². The van der Waals surface area contributed by atoms with Crippen LogP contribution in [0.5, 0.6) is 0 Å². The fourth-order valence-electron chi connectivity index (χ4n) is 3.84. The molecule has 0 saturated carbocycles. The molecule has 1 N–H and O–H groups in total. The summed E-state index contributed by atoms with van der Waals surface area (Å²) in [4.78, 5) is 42.7. The Hall–Kier alpha value is -3.43. The van der Waals surface area contributed by atoms with Crippen LogP contribution in [0, 0.1) is 0 Å². The number of hydrogen-bond acceptors (Lipinski definition) is 7. The van der Waals surface area contributed by atoms with Crippen molar-refractivity contribution in [2.24, 2.45) is 0 Å². The van der Waals surface area contributed by atoms with Crippen LogP contribution >= 0.6 is 11.3 Å². The van der Waals surface area contributed by atoms with Gasteiger partial charge < -0.3 is 19.4 Å². The van der Waals surface area contributed by atoms with Gasteiger partial charge in [-0.1, -0.05) is 30.3 Å². The molecule has 178 valence electrons. The maximum absolute atomic E-state index is 13.1. The Morgan fingerprint density at radius 3 is 2.47 bits per heavy atom. The Balaban J connectivity index is 1.43. The first-order valence-corrected chi connectivity index (χ1v) is 12.0. The van der Waals surface area contributed by atoms with Crippen LogP contribution in [-0.2, 0) is 9.53 Å². The highest BCUT2D eigenvalue weighted by atomic mass is 32.1. The molecule has 2 aromatic heterocycles. The zero-order valence-electron chi connectivity index (χ0n) is 19.2. The molecule has 8 nitrogen and oxygen atoms in total. The summed E-state index contributed by atoms with van der Waals surface area (Å²) in [5.74, 6) is -0.503. The first kappa shape index (κ1) is 23.7. The van der Waals surface area contributed by atoms with E-state index in [4.69, 9.17) is 9.15 Å². The molecular formula is C25H27N3O5S. The second-order valence-corrected chi connectivity index (χ2v) is 8.96. The fraction of sp³-hybridized carbons (Fsp3) is 0.320. The minimum Gasteiger partial charge on any atom is -0.462 e. The van der Waals surface area contributed by atoms with Gasteiger partial charge in [0.15, 0.2) is 5.76 Å². The Morgan fingerprint density at radius 2 is 1.82 bits per heavy atom. The zero-order chi connectivity index (χ0) is 24.1. The second kappa shape index (κ2) is 10.7. The third kappa shape index (κ3) is 5.21. The number of hydrogen-bond donors (Lipinski definition) is 1. The highest BCUT2D eigenvalue weighted by molar-refractivity contribution is 7.20. The summed E-state index contributed by atoms with van der Waals surface area (Å²) in [5.41, 5.74) is 1.31. The molecule has 9 heteroatoms. The number of ether oxygens (including phenoxy) is 1. The van der Waals surface area contributed by atoms with Crippen LogP contribution in [0.2, 0.25) is 0 Å². The van der Waals surface area contributed by atoms with Crippen LogP contribution < -0.4 is 5.32 Å². The number of rotatable bonds is 7. The predicted molar refractivity (Wildman–Crippen MR) is 130 cm³/mol. The van der Waals surface area contributed by atoms with E-state index in [9.17, 15) is 14.4 Å². The number of carbonyl (C=O) groups is 3. The van der Waals surface area contributed by atoms with Gasteiger partial charge in [0.25, 0.3) is 5.91 Å². The fourth-order valence-corrected chi connectivity index (χ4v) is 4.89. The predicted octanol–water partition coefficient (Wildman–Crippen LogP) is 3.97. The molecule has 1 aliphatic heterocycles. The number of esters is 1. The Morgan fingerprint density at radius 1 is 1.09 bits per heavy atom. The van der Waals surface area contributed by atoms with Gasteiger partial charge in [-0.25, -0.2) is 4.79 Å². The molecule has 1 aromatic carbocycles. The average Bonchev–Trinajstić information content (AvgIpc) is 3.55. The zero-order valence-corrected chi connectivity index (χ0v) is 20.0. The van der Waals surface area contributed by atoms with E-state index >= 15 is 0 Å². The monoisotopic (exact) mass is 481 g/mol. The van der Waals surface area contributed by atoms with Gasteiger partial charge in [0.1, 0.15) is 5.00 Å². The maximum atomic E-state index is 13.1. The second-order valence-electron chi connectivity index (χ2n) is 7.91. The van der Waals surface area contributed by atoms with E-state index in [0.29, 0.717) is 42.5 Å². The van der Waals surface area contributed by atoms with Crippen molar-refractivity contribution in [2.45, 2.75) is 19.9 Å².